The van der Waals surface area contributed by atoms with Crippen LogP contribution in [0.15, 0.2) is 146 Å². The summed E-state index contributed by atoms with van der Waals surface area (Å²) >= 11 is 0. The molecule has 0 aromatic heterocycles. The zero-order valence-corrected chi connectivity index (χ0v) is 29.8. The van der Waals surface area contributed by atoms with Crippen LogP contribution in [0.2, 0.25) is 0 Å². The van der Waals surface area contributed by atoms with Crippen molar-refractivity contribution in [2.24, 2.45) is 0 Å². The third kappa shape index (κ3) is 8.44. The molecule has 0 N–H and O–H groups in total. The number of anilines is 6. The molecule has 6 aromatic carbocycles. The van der Waals surface area contributed by atoms with E-state index in [1.54, 1.807) is 0 Å². The maximum Gasteiger partial charge on any atom is 0.104 e. The van der Waals surface area contributed by atoms with Crippen LogP contribution in [0.25, 0.3) is 11.1 Å². The van der Waals surface area contributed by atoms with Crippen molar-refractivity contribution in [1.29, 1.82) is 0 Å². The summed E-state index contributed by atoms with van der Waals surface area (Å²) < 4.78 is 22.2. The Kier molecular flexibility index (Phi) is 10.1. The summed E-state index contributed by atoms with van der Waals surface area (Å²) in [6, 6.07) is 52.3. The average molecular weight is 689 g/mol. The number of hydrogen-bond acceptors (Lipinski definition) is 6. The molecule has 0 radical (unpaired) electrons. The van der Waals surface area contributed by atoms with Gasteiger partial charge >= 0.3 is 0 Å². The topological polar surface area (TPSA) is 50.0 Å². The summed E-state index contributed by atoms with van der Waals surface area (Å²) in [6.07, 6.45) is 0.542. The van der Waals surface area contributed by atoms with Crippen molar-refractivity contribution in [2.45, 2.75) is 39.3 Å². The van der Waals surface area contributed by atoms with Gasteiger partial charge in [0.2, 0.25) is 0 Å². The predicted molar refractivity (Wildman–Crippen MR) is 210 cm³/mol. The van der Waals surface area contributed by atoms with Gasteiger partial charge in [0.1, 0.15) is 12.2 Å². The molecule has 0 saturated carbocycles. The van der Waals surface area contributed by atoms with Crippen molar-refractivity contribution in [1.82, 2.24) is 0 Å². The second-order valence-electron chi connectivity index (χ2n) is 13.7. The normalized spacial score (nSPS) is 16.0. The molecule has 6 nitrogen and oxygen atoms in total. The number of benzene rings is 6. The van der Waals surface area contributed by atoms with Crippen molar-refractivity contribution in [3.63, 3.8) is 0 Å². The molecule has 6 heteroatoms. The summed E-state index contributed by atoms with van der Waals surface area (Å²) in [7, 11) is 0. The molecule has 6 aromatic rings. The highest BCUT2D eigenvalue weighted by Gasteiger charge is 2.23. The van der Waals surface area contributed by atoms with Crippen molar-refractivity contribution >= 4 is 34.1 Å². The fourth-order valence-corrected chi connectivity index (χ4v) is 6.32. The van der Waals surface area contributed by atoms with Crippen LogP contribution < -0.4 is 9.80 Å². The summed E-state index contributed by atoms with van der Waals surface area (Å²) in [5, 5.41) is 0. The Balaban J connectivity index is 1.02. The maximum atomic E-state index is 5.83. The average Bonchev–Trinajstić information content (AvgIpc) is 4.13. The summed E-state index contributed by atoms with van der Waals surface area (Å²) in [6.45, 7) is 8.33. The lowest BCUT2D eigenvalue weighted by molar-refractivity contribution is 0.104. The van der Waals surface area contributed by atoms with Gasteiger partial charge in [0.05, 0.1) is 39.6 Å². The highest BCUT2D eigenvalue weighted by Crippen LogP contribution is 2.38. The van der Waals surface area contributed by atoms with Crippen LogP contribution in [0.4, 0.5) is 34.1 Å². The molecule has 0 amide bonds. The minimum Gasteiger partial charge on any atom is -0.374 e. The van der Waals surface area contributed by atoms with Gasteiger partial charge in [0, 0.05) is 34.1 Å². The summed E-state index contributed by atoms with van der Waals surface area (Å²) in [5.41, 5.74) is 13.7. The third-order valence-electron chi connectivity index (χ3n) is 9.51. The van der Waals surface area contributed by atoms with Crippen molar-refractivity contribution in [3.8, 4) is 11.1 Å². The molecule has 2 saturated heterocycles. The number of nitrogens with zero attached hydrogens (tertiary/aromatic N) is 2. The number of epoxide rings is 2. The van der Waals surface area contributed by atoms with E-state index in [-0.39, 0.29) is 12.2 Å². The van der Waals surface area contributed by atoms with Crippen LogP contribution in [0.1, 0.15) is 22.3 Å². The Labute approximate surface area is 306 Å². The lowest BCUT2D eigenvalue weighted by Crippen LogP contribution is -2.10. The number of ether oxygens (including phenoxy) is 4. The first-order valence-corrected chi connectivity index (χ1v) is 18.1. The van der Waals surface area contributed by atoms with Gasteiger partial charge in [-0.15, -0.1) is 0 Å². The van der Waals surface area contributed by atoms with E-state index < -0.39 is 0 Å². The Morgan fingerprint density at radius 3 is 0.981 bits per heavy atom. The summed E-state index contributed by atoms with van der Waals surface area (Å²) in [5.74, 6) is 0. The first-order valence-electron chi connectivity index (χ1n) is 18.1. The fourth-order valence-electron chi connectivity index (χ4n) is 6.32. The van der Waals surface area contributed by atoms with E-state index >= 15 is 0 Å². The molecule has 0 aliphatic carbocycles. The van der Waals surface area contributed by atoms with E-state index in [9.17, 15) is 0 Å². The molecule has 2 unspecified atom stereocenters. The molecular weight excluding hydrogens is 645 g/mol. The smallest absolute Gasteiger partial charge is 0.104 e. The van der Waals surface area contributed by atoms with Gasteiger partial charge in [0.25, 0.3) is 0 Å². The molecule has 2 aliphatic heterocycles. The quantitative estimate of drug-likeness (QED) is 0.100. The standard InChI is InChI=1S/C46H44N2O4/c1-33-3-15-39(16-4-33)47(41-19-7-35(8-20-41)27-49-29-45-31-51-45)43-23-11-37(12-24-43)38-13-25-44(26-14-38)48(40-17-5-34(2)6-18-40)42-21-9-36(10-22-42)28-50-30-46-32-52-46/h3-26,45-46H,27-32H2,1-2H3. The van der Waals surface area contributed by atoms with Gasteiger partial charge in [-0.1, -0.05) is 83.9 Å². The predicted octanol–water partition coefficient (Wildman–Crippen LogP) is 10.7. The molecule has 2 heterocycles. The van der Waals surface area contributed by atoms with E-state index in [4.69, 9.17) is 18.9 Å². The van der Waals surface area contributed by atoms with Gasteiger partial charge < -0.3 is 28.7 Å². The molecule has 2 aliphatic rings. The molecule has 8 rings (SSSR count). The lowest BCUT2D eigenvalue weighted by atomic mass is 10.0. The van der Waals surface area contributed by atoms with E-state index in [0.29, 0.717) is 26.4 Å². The molecule has 0 spiro atoms. The zero-order chi connectivity index (χ0) is 35.3. The van der Waals surface area contributed by atoms with Crippen LogP contribution in [-0.4, -0.2) is 38.6 Å². The second-order valence-corrected chi connectivity index (χ2v) is 13.7. The minimum atomic E-state index is 0.271. The molecule has 52 heavy (non-hydrogen) atoms. The molecule has 0 bridgehead atoms. The largest absolute Gasteiger partial charge is 0.374 e. The first kappa shape index (κ1) is 33.9. The van der Waals surface area contributed by atoms with Gasteiger partial charge in [-0.3, -0.25) is 0 Å². The maximum absolute atomic E-state index is 5.83. The highest BCUT2D eigenvalue weighted by molar-refractivity contribution is 5.81. The highest BCUT2D eigenvalue weighted by atomic mass is 16.6. The zero-order valence-electron chi connectivity index (χ0n) is 29.8. The van der Waals surface area contributed by atoms with Crippen LogP contribution in [0.3, 0.4) is 0 Å². The lowest BCUT2D eigenvalue weighted by Gasteiger charge is -2.26. The first-order chi connectivity index (χ1) is 25.6. The van der Waals surface area contributed by atoms with Crippen molar-refractivity contribution in [2.75, 3.05) is 36.2 Å². The van der Waals surface area contributed by atoms with Gasteiger partial charge in [-0.05, 0) is 109 Å². The molecule has 2 atom stereocenters. The van der Waals surface area contributed by atoms with Crippen LogP contribution >= 0.6 is 0 Å². The van der Waals surface area contributed by atoms with Gasteiger partial charge in [0.15, 0.2) is 0 Å². The Hall–Kier alpha value is -5.24. The van der Waals surface area contributed by atoms with E-state index in [2.05, 4.69) is 169 Å². The Morgan fingerprint density at radius 2 is 0.692 bits per heavy atom. The third-order valence-corrected chi connectivity index (χ3v) is 9.51. The fraction of sp³-hybridized carbons (Fsp3) is 0.217. The number of hydrogen-bond donors (Lipinski definition) is 0. The van der Waals surface area contributed by atoms with E-state index in [1.165, 1.54) is 11.1 Å². The van der Waals surface area contributed by atoms with E-state index in [1.807, 2.05) is 0 Å². The number of aryl methyl sites for hydroxylation is 2. The molecule has 262 valence electrons. The molecular formula is C46H44N2O4. The van der Waals surface area contributed by atoms with Crippen molar-refractivity contribution < 1.29 is 18.9 Å². The number of rotatable bonds is 15. The van der Waals surface area contributed by atoms with Crippen LogP contribution in [0, 0.1) is 13.8 Å². The molecule has 2 fully saturated rings. The monoisotopic (exact) mass is 688 g/mol. The van der Waals surface area contributed by atoms with Gasteiger partial charge in [-0.2, -0.15) is 0 Å². The van der Waals surface area contributed by atoms with Crippen molar-refractivity contribution in [3.05, 3.63) is 168 Å². The van der Waals surface area contributed by atoms with Crippen LogP contribution in [-0.2, 0) is 32.2 Å². The Bertz CT molecular complexity index is 1880. The summed E-state index contributed by atoms with van der Waals surface area (Å²) in [4.78, 5) is 4.60. The minimum absolute atomic E-state index is 0.271. The van der Waals surface area contributed by atoms with Gasteiger partial charge in [-0.25, -0.2) is 0 Å². The SMILES string of the molecule is Cc1ccc(N(c2ccc(COCC3CO3)cc2)c2ccc(-c3ccc(N(c4ccc(C)cc4)c4ccc(COCC5CO5)cc4)cc3)cc2)cc1. The van der Waals surface area contributed by atoms with E-state index in [0.717, 1.165) is 69.6 Å². The van der Waals surface area contributed by atoms with Crippen LogP contribution in [0.5, 0.6) is 0 Å². The Morgan fingerprint density at radius 1 is 0.423 bits per heavy atom. The second kappa shape index (κ2) is 15.6.